The third-order valence-corrected chi connectivity index (χ3v) is 8.87. The summed E-state index contributed by atoms with van der Waals surface area (Å²) in [7, 11) is 0. The Morgan fingerprint density at radius 3 is 1.44 bits per heavy atom. The molecule has 3 aliphatic carbocycles. The van der Waals surface area contributed by atoms with Crippen LogP contribution in [0.15, 0.2) is 91.0 Å². The first kappa shape index (κ1) is 27.4. The molecule has 0 saturated heterocycles. The molecule has 41 heavy (non-hydrogen) atoms. The van der Waals surface area contributed by atoms with Crippen LogP contribution in [0.5, 0.6) is 0 Å². The zero-order valence-electron chi connectivity index (χ0n) is 24.5. The Labute approximate surface area is 247 Å². The summed E-state index contributed by atoms with van der Waals surface area (Å²) in [5.74, 6) is 0. The zero-order valence-corrected chi connectivity index (χ0v) is 24.5. The van der Waals surface area contributed by atoms with Gasteiger partial charge in [0.2, 0.25) is 0 Å². The van der Waals surface area contributed by atoms with Crippen molar-refractivity contribution in [3.63, 3.8) is 0 Å². The molecule has 3 aliphatic rings. The predicted molar refractivity (Wildman–Crippen MR) is 178 cm³/mol. The zero-order chi connectivity index (χ0) is 27.7. The molecule has 0 heterocycles. The molecule has 0 aliphatic heterocycles. The number of hydrazine groups is 2. The fraction of sp³-hybridized carbons (Fsp3) is 0.368. The Hall–Kier alpha value is -3.72. The molecule has 0 aromatic heterocycles. The highest BCUT2D eigenvalue weighted by atomic mass is 15.7. The first-order valence-corrected chi connectivity index (χ1v) is 16.1. The Kier molecular flexibility index (Phi) is 9.21. The van der Waals surface area contributed by atoms with Crippen LogP contribution in [0.25, 0.3) is 16.7 Å². The number of nitrogens with zero attached hydrogens (tertiary/aromatic N) is 1. The lowest BCUT2D eigenvalue weighted by Crippen LogP contribution is -2.37. The summed E-state index contributed by atoms with van der Waals surface area (Å²) in [5.41, 5.74) is 19.5. The van der Waals surface area contributed by atoms with Crippen LogP contribution < -0.4 is 16.0 Å². The summed E-state index contributed by atoms with van der Waals surface area (Å²) in [6.07, 6.45) is 24.7. The van der Waals surface area contributed by atoms with Gasteiger partial charge >= 0.3 is 0 Å². The van der Waals surface area contributed by atoms with Crippen LogP contribution in [-0.4, -0.2) is 0 Å². The van der Waals surface area contributed by atoms with Crippen LogP contribution in [0.2, 0.25) is 0 Å². The van der Waals surface area contributed by atoms with Gasteiger partial charge in [-0.15, -0.1) is 0 Å². The number of benzene rings is 3. The average Bonchev–Trinajstić information content (AvgIpc) is 3.40. The van der Waals surface area contributed by atoms with Crippen LogP contribution in [0.3, 0.4) is 0 Å². The minimum Gasteiger partial charge on any atom is -0.279 e. The van der Waals surface area contributed by atoms with E-state index in [-0.39, 0.29) is 0 Å². The van der Waals surface area contributed by atoms with Crippen LogP contribution in [0.4, 0.5) is 17.1 Å². The van der Waals surface area contributed by atoms with E-state index in [1.165, 1.54) is 104 Å². The van der Waals surface area contributed by atoms with Crippen LogP contribution in [0.1, 0.15) is 107 Å². The van der Waals surface area contributed by atoms with Gasteiger partial charge in [-0.25, -0.2) is 0 Å². The van der Waals surface area contributed by atoms with E-state index in [4.69, 9.17) is 0 Å². The molecule has 0 saturated carbocycles. The van der Waals surface area contributed by atoms with Gasteiger partial charge < -0.3 is 0 Å². The summed E-state index contributed by atoms with van der Waals surface area (Å²) in [5, 5.41) is 2.19. The lowest BCUT2D eigenvalue weighted by atomic mass is 9.94. The maximum Gasteiger partial charge on any atom is 0.0886 e. The molecular formula is C38H45N3. The first-order chi connectivity index (χ1) is 20.4. The maximum absolute atomic E-state index is 3.89. The van der Waals surface area contributed by atoms with E-state index in [2.05, 4.69) is 107 Å². The number of hydrogen-bond donors (Lipinski definition) is 2. The molecule has 0 fully saturated rings. The van der Waals surface area contributed by atoms with E-state index >= 15 is 0 Å². The van der Waals surface area contributed by atoms with Crippen molar-refractivity contribution in [2.24, 2.45) is 0 Å². The minimum absolute atomic E-state index is 1.14. The van der Waals surface area contributed by atoms with Crippen molar-refractivity contribution in [2.45, 2.75) is 89.9 Å². The second-order valence-electron chi connectivity index (χ2n) is 11.8. The summed E-state index contributed by atoms with van der Waals surface area (Å²) in [4.78, 5) is 0. The molecule has 3 aromatic carbocycles. The lowest BCUT2D eigenvalue weighted by Gasteiger charge is -2.32. The largest absolute Gasteiger partial charge is 0.279 e. The fourth-order valence-electron chi connectivity index (χ4n) is 6.66. The number of hydrogen-bond acceptors (Lipinski definition) is 3. The number of allylic oxidation sites excluding steroid dienone is 6. The standard InChI is InChI=1S/C38H45N3/c1-2-6-18-30(19-7-3-1)33-24-12-15-27-36(33)39-41(40-37-28-16-13-25-34(37)31-22-10-11-23-31)38-29-17-14-26-35(38)32-20-8-4-5-9-21-32/h12-18,20,22,24-29,39-40H,1-11,19,21,23H2. The van der Waals surface area contributed by atoms with Crippen LogP contribution in [0, 0.1) is 0 Å². The molecule has 2 N–H and O–H groups in total. The summed E-state index contributed by atoms with van der Waals surface area (Å²) < 4.78 is 0. The molecule has 3 heteroatoms. The first-order valence-electron chi connectivity index (χ1n) is 16.1. The van der Waals surface area contributed by atoms with Gasteiger partial charge in [-0.3, -0.25) is 10.9 Å². The highest BCUT2D eigenvalue weighted by molar-refractivity contribution is 5.84. The normalized spacial score (nSPS) is 17.8. The van der Waals surface area contributed by atoms with Gasteiger partial charge in [-0.1, -0.05) is 92.1 Å². The number of nitrogens with one attached hydrogen (secondary N) is 2. The summed E-state index contributed by atoms with van der Waals surface area (Å²) in [6.45, 7) is 0. The number of rotatable bonds is 8. The van der Waals surface area contributed by atoms with E-state index in [1.54, 1.807) is 0 Å². The molecule has 0 bridgehead atoms. The van der Waals surface area contributed by atoms with Gasteiger partial charge in [-0.05, 0) is 106 Å². The molecule has 6 rings (SSSR count). The predicted octanol–water partition coefficient (Wildman–Crippen LogP) is 11.2. The molecule has 0 spiro atoms. The van der Waals surface area contributed by atoms with Gasteiger partial charge in [-0.2, -0.15) is 5.12 Å². The smallest absolute Gasteiger partial charge is 0.0886 e. The van der Waals surface area contributed by atoms with Crippen molar-refractivity contribution in [1.29, 1.82) is 0 Å². The second kappa shape index (κ2) is 13.8. The van der Waals surface area contributed by atoms with Crippen molar-refractivity contribution < 1.29 is 0 Å². The van der Waals surface area contributed by atoms with Gasteiger partial charge in [0.1, 0.15) is 0 Å². The highest BCUT2D eigenvalue weighted by Crippen LogP contribution is 2.37. The van der Waals surface area contributed by atoms with Crippen LogP contribution in [-0.2, 0) is 0 Å². The van der Waals surface area contributed by atoms with Crippen molar-refractivity contribution in [3.8, 4) is 0 Å². The van der Waals surface area contributed by atoms with Gasteiger partial charge in [0, 0.05) is 16.7 Å². The fourth-order valence-corrected chi connectivity index (χ4v) is 6.66. The van der Waals surface area contributed by atoms with E-state index in [9.17, 15) is 0 Å². The summed E-state index contributed by atoms with van der Waals surface area (Å²) in [6, 6.07) is 26.6. The van der Waals surface area contributed by atoms with Crippen molar-refractivity contribution in [3.05, 3.63) is 108 Å². The molecule has 0 unspecified atom stereocenters. The molecule has 0 radical (unpaired) electrons. The van der Waals surface area contributed by atoms with E-state index in [0.29, 0.717) is 0 Å². The Morgan fingerprint density at radius 2 is 0.854 bits per heavy atom. The average molecular weight is 544 g/mol. The van der Waals surface area contributed by atoms with Crippen molar-refractivity contribution >= 4 is 33.8 Å². The number of para-hydroxylation sites is 3. The van der Waals surface area contributed by atoms with E-state index in [0.717, 1.165) is 36.3 Å². The van der Waals surface area contributed by atoms with E-state index < -0.39 is 0 Å². The second-order valence-corrected chi connectivity index (χ2v) is 11.8. The van der Waals surface area contributed by atoms with E-state index in [1.807, 2.05) is 0 Å². The molecule has 3 aromatic rings. The van der Waals surface area contributed by atoms with Gasteiger partial charge in [0.25, 0.3) is 0 Å². The molecule has 3 nitrogen and oxygen atoms in total. The molecule has 0 atom stereocenters. The Morgan fingerprint density at radius 1 is 0.415 bits per heavy atom. The molecule has 212 valence electrons. The quantitative estimate of drug-likeness (QED) is 0.277. The van der Waals surface area contributed by atoms with Gasteiger partial charge in [0.05, 0.1) is 17.1 Å². The third kappa shape index (κ3) is 6.78. The number of anilines is 3. The maximum atomic E-state index is 3.89. The minimum atomic E-state index is 1.14. The third-order valence-electron chi connectivity index (χ3n) is 8.87. The highest BCUT2D eigenvalue weighted by Gasteiger charge is 2.20. The van der Waals surface area contributed by atoms with Crippen LogP contribution >= 0.6 is 0 Å². The summed E-state index contributed by atoms with van der Waals surface area (Å²) >= 11 is 0. The molecular weight excluding hydrogens is 498 g/mol. The Bertz CT molecular complexity index is 1410. The monoisotopic (exact) mass is 543 g/mol. The Balaban J connectivity index is 1.41. The topological polar surface area (TPSA) is 27.3 Å². The lowest BCUT2D eigenvalue weighted by molar-refractivity contribution is 0.643. The van der Waals surface area contributed by atoms with Crippen molar-refractivity contribution in [1.82, 2.24) is 0 Å². The SMILES string of the molecule is C1=C(c2ccccc2NN(Nc2ccccc2C2=CCCCCCC2)c2ccccc2C2=CCCCCC2)CCC1. The van der Waals surface area contributed by atoms with Crippen molar-refractivity contribution in [2.75, 3.05) is 16.0 Å². The molecule has 0 amide bonds. The van der Waals surface area contributed by atoms with Gasteiger partial charge in [0.15, 0.2) is 0 Å².